The Bertz CT molecular complexity index is 1080. The van der Waals surface area contributed by atoms with E-state index in [4.69, 9.17) is 9.47 Å². The van der Waals surface area contributed by atoms with Gasteiger partial charge in [-0.2, -0.15) is 0 Å². The molecule has 1 aliphatic rings. The van der Waals surface area contributed by atoms with Gasteiger partial charge in [-0.3, -0.25) is 9.78 Å². The summed E-state index contributed by atoms with van der Waals surface area (Å²) in [6.07, 6.45) is 5.41. The fourth-order valence-corrected chi connectivity index (χ4v) is 3.92. The number of pyridine rings is 2. The van der Waals surface area contributed by atoms with Gasteiger partial charge >= 0.3 is 0 Å². The Morgan fingerprint density at radius 2 is 2.03 bits per heavy atom. The van der Waals surface area contributed by atoms with Crippen LogP contribution in [0.1, 0.15) is 27.2 Å². The Morgan fingerprint density at radius 1 is 1.19 bits per heavy atom. The van der Waals surface area contributed by atoms with E-state index >= 15 is 0 Å². The highest BCUT2D eigenvalue weighted by atomic mass is 32.2. The molecule has 0 fully saturated rings. The van der Waals surface area contributed by atoms with Crippen molar-refractivity contribution in [2.45, 2.75) is 24.6 Å². The van der Waals surface area contributed by atoms with Gasteiger partial charge in [-0.25, -0.2) is 4.98 Å². The lowest BCUT2D eigenvalue weighted by molar-refractivity contribution is 0.0949. The van der Waals surface area contributed by atoms with Gasteiger partial charge in [0.25, 0.3) is 5.91 Å². The zero-order valence-electron chi connectivity index (χ0n) is 18.2. The van der Waals surface area contributed by atoms with Crippen molar-refractivity contribution >= 4 is 23.5 Å². The van der Waals surface area contributed by atoms with Gasteiger partial charge < -0.3 is 19.7 Å². The Labute approximate surface area is 192 Å². The molecule has 0 bridgehead atoms. The fraction of sp³-hybridized carbons (Fsp3) is 0.292. The summed E-state index contributed by atoms with van der Waals surface area (Å²) in [5.74, 6) is 1.16. The first kappa shape index (κ1) is 22.1. The molecule has 1 N–H and O–H groups in total. The van der Waals surface area contributed by atoms with Crippen molar-refractivity contribution in [2.24, 2.45) is 0 Å². The highest BCUT2D eigenvalue weighted by Gasteiger charge is 2.22. The molecule has 2 aromatic heterocycles. The molecule has 3 heterocycles. The number of ether oxygens (including phenoxy) is 2. The first-order chi connectivity index (χ1) is 15.7. The van der Waals surface area contributed by atoms with E-state index in [1.54, 1.807) is 37.3 Å². The third-order valence-corrected chi connectivity index (χ3v) is 5.97. The second-order valence-corrected chi connectivity index (χ2v) is 8.27. The molecule has 0 saturated heterocycles. The number of methoxy groups -OCH3 is 1. The van der Waals surface area contributed by atoms with Gasteiger partial charge in [0, 0.05) is 30.9 Å². The summed E-state index contributed by atoms with van der Waals surface area (Å²) in [7, 11) is 1.70. The van der Waals surface area contributed by atoms with Gasteiger partial charge in [0.15, 0.2) is 11.6 Å². The number of nitrogens with zero attached hydrogens (tertiary/aromatic N) is 3. The number of anilines is 1. The molecule has 3 aromatic rings. The second kappa shape index (κ2) is 10.5. The van der Waals surface area contributed by atoms with Crippen LogP contribution in [-0.2, 0) is 24.4 Å². The van der Waals surface area contributed by atoms with Crippen molar-refractivity contribution in [3.05, 3.63) is 77.2 Å². The molecule has 0 atom stereocenters. The van der Waals surface area contributed by atoms with Crippen LogP contribution in [0, 0.1) is 0 Å². The van der Waals surface area contributed by atoms with Crippen molar-refractivity contribution in [3.63, 3.8) is 0 Å². The van der Waals surface area contributed by atoms with Crippen LogP contribution in [0.3, 0.4) is 0 Å². The standard InChI is InChI=1S/C24H26N4O3S/c1-30-16-18-6-4-3-5-17(18)15-28-9-10-31-22-11-19(12-26-23(22)28)24(29)27-13-20-7-8-21(32-2)14-25-20/h3-8,11-12,14H,9-10,13,15-16H2,1-2H3,(H,27,29). The van der Waals surface area contributed by atoms with Crippen LogP contribution >= 0.6 is 11.8 Å². The summed E-state index contributed by atoms with van der Waals surface area (Å²) in [4.78, 5) is 24.8. The average Bonchev–Trinajstić information content (AvgIpc) is 2.84. The maximum Gasteiger partial charge on any atom is 0.253 e. The zero-order chi connectivity index (χ0) is 22.3. The van der Waals surface area contributed by atoms with Gasteiger partial charge in [-0.05, 0) is 35.6 Å². The Kier molecular flexibility index (Phi) is 7.24. The van der Waals surface area contributed by atoms with Crippen LogP contribution in [0.4, 0.5) is 5.82 Å². The lowest BCUT2D eigenvalue weighted by Gasteiger charge is -2.30. The van der Waals surface area contributed by atoms with Crippen molar-refractivity contribution < 1.29 is 14.3 Å². The molecular weight excluding hydrogens is 424 g/mol. The molecule has 0 aliphatic carbocycles. The lowest BCUT2D eigenvalue weighted by atomic mass is 10.1. The van der Waals surface area contributed by atoms with Crippen molar-refractivity contribution in [3.8, 4) is 5.75 Å². The van der Waals surface area contributed by atoms with E-state index in [1.165, 1.54) is 5.56 Å². The van der Waals surface area contributed by atoms with E-state index in [1.807, 2.05) is 30.5 Å². The summed E-state index contributed by atoms with van der Waals surface area (Å²) in [5, 5.41) is 2.90. The minimum atomic E-state index is -0.206. The molecule has 1 amide bonds. The zero-order valence-corrected chi connectivity index (χ0v) is 19.0. The number of carbonyl (C=O) groups excluding carboxylic acids is 1. The van der Waals surface area contributed by atoms with Crippen LogP contribution in [0.5, 0.6) is 5.75 Å². The van der Waals surface area contributed by atoms with E-state index in [0.29, 0.717) is 37.6 Å². The average molecular weight is 451 g/mol. The van der Waals surface area contributed by atoms with Crippen molar-refractivity contribution in [2.75, 3.05) is 31.4 Å². The number of thioether (sulfide) groups is 1. The van der Waals surface area contributed by atoms with Crippen LogP contribution in [0.2, 0.25) is 0 Å². The van der Waals surface area contributed by atoms with Gasteiger partial charge in [-0.15, -0.1) is 11.8 Å². The molecule has 1 aromatic carbocycles. The summed E-state index contributed by atoms with van der Waals surface area (Å²) < 4.78 is 11.2. The predicted octanol–water partition coefficient (Wildman–Crippen LogP) is 3.67. The van der Waals surface area contributed by atoms with E-state index in [-0.39, 0.29) is 5.91 Å². The molecule has 1 aliphatic heterocycles. The third kappa shape index (κ3) is 5.20. The molecule has 0 spiro atoms. The van der Waals surface area contributed by atoms with Crippen LogP contribution in [0.25, 0.3) is 0 Å². The Hall–Kier alpha value is -3.10. The Balaban J connectivity index is 1.45. The van der Waals surface area contributed by atoms with Crippen molar-refractivity contribution in [1.29, 1.82) is 0 Å². The largest absolute Gasteiger partial charge is 0.488 e. The van der Waals surface area contributed by atoms with Crippen LogP contribution < -0.4 is 15.0 Å². The maximum absolute atomic E-state index is 12.6. The molecule has 32 heavy (non-hydrogen) atoms. The highest BCUT2D eigenvalue weighted by molar-refractivity contribution is 7.98. The minimum Gasteiger partial charge on any atom is -0.488 e. The number of fused-ring (bicyclic) bond motifs is 1. The predicted molar refractivity (Wildman–Crippen MR) is 125 cm³/mol. The van der Waals surface area contributed by atoms with Crippen molar-refractivity contribution in [1.82, 2.24) is 15.3 Å². The molecule has 4 rings (SSSR count). The summed E-state index contributed by atoms with van der Waals surface area (Å²) in [6, 6.07) is 13.9. The van der Waals surface area contributed by atoms with Gasteiger partial charge in [0.2, 0.25) is 0 Å². The van der Waals surface area contributed by atoms with E-state index in [2.05, 4.69) is 32.3 Å². The summed E-state index contributed by atoms with van der Waals surface area (Å²) >= 11 is 1.63. The number of hydrogen-bond donors (Lipinski definition) is 1. The van der Waals surface area contributed by atoms with Gasteiger partial charge in [0.1, 0.15) is 6.61 Å². The minimum absolute atomic E-state index is 0.206. The highest BCUT2D eigenvalue weighted by Crippen LogP contribution is 2.31. The van der Waals surface area contributed by atoms with Gasteiger partial charge in [0.05, 0.1) is 31.0 Å². The molecule has 0 radical (unpaired) electrons. The first-order valence-electron chi connectivity index (χ1n) is 10.4. The maximum atomic E-state index is 12.6. The van der Waals surface area contributed by atoms with E-state index in [0.717, 1.165) is 28.5 Å². The van der Waals surface area contributed by atoms with Crippen LogP contribution in [0.15, 0.2) is 59.8 Å². The third-order valence-electron chi connectivity index (χ3n) is 5.26. The topological polar surface area (TPSA) is 76.6 Å². The SMILES string of the molecule is COCc1ccccc1CN1CCOc2cc(C(=O)NCc3ccc(SC)cn3)cnc21. The number of benzene rings is 1. The smallest absolute Gasteiger partial charge is 0.253 e. The molecule has 7 nitrogen and oxygen atoms in total. The van der Waals surface area contributed by atoms with Crippen LogP contribution in [-0.4, -0.2) is 42.4 Å². The number of hydrogen-bond acceptors (Lipinski definition) is 7. The summed E-state index contributed by atoms with van der Waals surface area (Å²) in [5.41, 5.74) is 3.61. The molecule has 0 saturated carbocycles. The second-order valence-electron chi connectivity index (χ2n) is 7.39. The number of rotatable bonds is 8. The Morgan fingerprint density at radius 3 is 2.78 bits per heavy atom. The van der Waals surface area contributed by atoms with E-state index < -0.39 is 0 Å². The monoisotopic (exact) mass is 450 g/mol. The number of carbonyl (C=O) groups is 1. The fourth-order valence-electron chi connectivity index (χ4n) is 3.55. The van der Waals surface area contributed by atoms with E-state index in [9.17, 15) is 4.79 Å². The quantitative estimate of drug-likeness (QED) is 0.525. The first-order valence-corrected chi connectivity index (χ1v) is 11.6. The number of amides is 1. The van der Waals surface area contributed by atoms with Gasteiger partial charge in [-0.1, -0.05) is 24.3 Å². The summed E-state index contributed by atoms with van der Waals surface area (Å²) in [6.45, 7) is 2.89. The molecule has 0 unspecified atom stereocenters. The molecule has 166 valence electrons. The number of nitrogens with one attached hydrogen (secondary N) is 1. The lowest BCUT2D eigenvalue weighted by Crippen LogP contribution is -2.33. The normalized spacial score (nSPS) is 12.8. The molecular formula is C24H26N4O3S. The number of aromatic nitrogens is 2. The molecule has 8 heteroatoms.